The van der Waals surface area contributed by atoms with E-state index in [0.717, 1.165) is 12.8 Å². The molecule has 0 saturated heterocycles. The molecule has 0 aromatic carbocycles. The molecule has 4 rings (SSSR count). The molecule has 1 unspecified atom stereocenters. The zero-order chi connectivity index (χ0) is 18.5. The van der Waals surface area contributed by atoms with E-state index in [-0.39, 0.29) is 17.5 Å². The SMILES string of the molecule is Cc1oc2ncnc(N(C)C3(C)CC3)c2c1C(=O)NC(C)c1ccon1. The largest absolute Gasteiger partial charge is 0.442 e. The molecule has 136 valence electrons. The number of hydrogen-bond acceptors (Lipinski definition) is 7. The molecule has 1 aliphatic carbocycles. The van der Waals surface area contributed by atoms with Crippen LogP contribution in [-0.4, -0.2) is 33.6 Å². The Kier molecular flexibility index (Phi) is 3.71. The van der Waals surface area contributed by atoms with Gasteiger partial charge in [0, 0.05) is 18.7 Å². The third-order valence-electron chi connectivity index (χ3n) is 5.22. The first-order chi connectivity index (χ1) is 12.4. The Balaban J connectivity index is 1.74. The van der Waals surface area contributed by atoms with Crippen molar-refractivity contribution in [1.82, 2.24) is 20.4 Å². The Bertz CT molecular complexity index is 959. The first-order valence-corrected chi connectivity index (χ1v) is 8.60. The van der Waals surface area contributed by atoms with Crippen LogP contribution < -0.4 is 10.2 Å². The van der Waals surface area contributed by atoms with Gasteiger partial charge in [0.15, 0.2) is 0 Å². The second-order valence-electron chi connectivity index (χ2n) is 7.09. The van der Waals surface area contributed by atoms with E-state index < -0.39 is 0 Å². The molecule has 8 heteroatoms. The van der Waals surface area contributed by atoms with Gasteiger partial charge in [-0.2, -0.15) is 0 Å². The molecule has 26 heavy (non-hydrogen) atoms. The van der Waals surface area contributed by atoms with Crippen LogP contribution in [0.2, 0.25) is 0 Å². The fourth-order valence-corrected chi connectivity index (χ4v) is 3.12. The van der Waals surface area contributed by atoms with Gasteiger partial charge in [0.2, 0.25) is 5.71 Å². The Morgan fingerprint density at radius 2 is 2.15 bits per heavy atom. The summed E-state index contributed by atoms with van der Waals surface area (Å²) >= 11 is 0. The number of rotatable bonds is 5. The first-order valence-electron chi connectivity index (χ1n) is 8.60. The van der Waals surface area contributed by atoms with Crippen molar-refractivity contribution >= 4 is 22.8 Å². The van der Waals surface area contributed by atoms with Gasteiger partial charge in [-0.05, 0) is 33.6 Å². The number of aromatic nitrogens is 3. The summed E-state index contributed by atoms with van der Waals surface area (Å²) in [6.07, 6.45) is 5.14. The van der Waals surface area contributed by atoms with E-state index in [1.165, 1.54) is 12.6 Å². The van der Waals surface area contributed by atoms with Crippen LogP contribution >= 0.6 is 0 Å². The van der Waals surface area contributed by atoms with Crippen LogP contribution in [0.5, 0.6) is 0 Å². The Hall–Kier alpha value is -2.90. The summed E-state index contributed by atoms with van der Waals surface area (Å²) in [7, 11) is 2.00. The van der Waals surface area contributed by atoms with Gasteiger partial charge >= 0.3 is 0 Å². The molecule has 1 amide bonds. The first kappa shape index (κ1) is 16.6. The van der Waals surface area contributed by atoms with Gasteiger partial charge in [-0.3, -0.25) is 4.79 Å². The highest BCUT2D eigenvalue weighted by Crippen LogP contribution is 2.44. The molecule has 8 nitrogen and oxygen atoms in total. The number of carbonyl (C=O) groups is 1. The van der Waals surface area contributed by atoms with Crippen molar-refractivity contribution in [1.29, 1.82) is 0 Å². The highest BCUT2D eigenvalue weighted by molar-refractivity contribution is 6.10. The topological polar surface area (TPSA) is 97.3 Å². The summed E-state index contributed by atoms with van der Waals surface area (Å²) < 4.78 is 10.6. The zero-order valence-electron chi connectivity index (χ0n) is 15.2. The molecule has 3 aromatic rings. The maximum absolute atomic E-state index is 13.0. The molecule has 1 aliphatic rings. The van der Waals surface area contributed by atoms with E-state index in [0.29, 0.717) is 33.9 Å². The van der Waals surface area contributed by atoms with Crippen LogP contribution in [0.25, 0.3) is 11.1 Å². The maximum atomic E-state index is 13.0. The molecule has 0 spiro atoms. The van der Waals surface area contributed by atoms with Crippen LogP contribution in [-0.2, 0) is 0 Å². The molecule has 1 fully saturated rings. The maximum Gasteiger partial charge on any atom is 0.256 e. The van der Waals surface area contributed by atoms with Gasteiger partial charge in [0.05, 0.1) is 17.0 Å². The van der Waals surface area contributed by atoms with E-state index in [2.05, 4.69) is 32.3 Å². The van der Waals surface area contributed by atoms with Crippen molar-refractivity contribution in [2.24, 2.45) is 0 Å². The van der Waals surface area contributed by atoms with Crippen molar-refractivity contribution in [2.45, 2.75) is 45.2 Å². The van der Waals surface area contributed by atoms with Gasteiger partial charge in [0.25, 0.3) is 5.91 Å². The van der Waals surface area contributed by atoms with Crippen molar-refractivity contribution in [3.8, 4) is 0 Å². The minimum Gasteiger partial charge on any atom is -0.442 e. The molecule has 0 aliphatic heterocycles. The number of furan rings is 1. The average molecular weight is 355 g/mol. The van der Waals surface area contributed by atoms with E-state index in [4.69, 9.17) is 8.94 Å². The predicted octanol–water partition coefficient (Wildman–Crippen LogP) is 3.00. The molecule has 1 N–H and O–H groups in total. The van der Waals surface area contributed by atoms with Gasteiger partial charge in [0.1, 0.15) is 29.9 Å². The van der Waals surface area contributed by atoms with Crippen LogP contribution in [0.4, 0.5) is 5.82 Å². The quantitative estimate of drug-likeness (QED) is 0.751. The highest BCUT2D eigenvalue weighted by atomic mass is 16.5. The molecule has 1 saturated carbocycles. The lowest BCUT2D eigenvalue weighted by Gasteiger charge is -2.26. The molecular weight excluding hydrogens is 334 g/mol. The number of fused-ring (bicyclic) bond motifs is 1. The lowest BCUT2D eigenvalue weighted by Crippen LogP contribution is -2.32. The monoisotopic (exact) mass is 355 g/mol. The molecule has 0 radical (unpaired) electrons. The summed E-state index contributed by atoms with van der Waals surface area (Å²) in [5, 5.41) is 7.46. The molecular formula is C18H21N5O3. The van der Waals surface area contributed by atoms with Gasteiger partial charge < -0.3 is 19.2 Å². The number of amides is 1. The fraction of sp³-hybridized carbons (Fsp3) is 0.444. The fourth-order valence-electron chi connectivity index (χ4n) is 3.12. The Labute approximate surface area is 150 Å². The van der Waals surface area contributed by atoms with E-state index in [1.54, 1.807) is 13.0 Å². The lowest BCUT2D eigenvalue weighted by atomic mass is 10.1. The predicted molar refractivity (Wildman–Crippen MR) is 95.0 cm³/mol. The van der Waals surface area contributed by atoms with E-state index in [1.807, 2.05) is 14.0 Å². The van der Waals surface area contributed by atoms with Crippen molar-refractivity contribution in [3.05, 3.63) is 35.7 Å². The van der Waals surface area contributed by atoms with E-state index >= 15 is 0 Å². The second kappa shape index (κ2) is 5.82. The normalized spacial score (nSPS) is 16.5. The lowest BCUT2D eigenvalue weighted by molar-refractivity contribution is 0.0938. The summed E-state index contributed by atoms with van der Waals surface area (Å²) in [6, 6.07) is 1.43. The third-order valence-corrected chi connectivity index (χ3v) is 5.22. The summed E-state index contributed by atoms with van der Waals surface area (Å²) in [5.74, 6) is 0.981. The molecule has 1 atom stereocenters. The smallest absolute Gasteiger partial charge is 0.256 e. The van der Waals surface area contributed by atoms with Crippen molar-refractivity contribution in [2.75, 3.05) is 11.9 Å². The molecule has 3 aromatic heterocycles. The van der Waals surface area contributed by atoms with Gasteiger partial charge in [-0.1, -0.05) is 5.16 Å². The number of nitrogens with one attached hydrogen (secondary N) is 1. The van der Waals surface area contributed by atoms with Gasteiger partial charge in [-0.15, -0.1) is 0 Å². The Morgan fingerprint density at radius 3 is 2.81 bits per heavy atom. The van der Waals surface area contributed by atoms with E-state index in [9.17, 15) is 4.79 Å². The van der Waals surface area contributed by atoms with Crippen LogP contribution in [0.1, 0.15) is 54.5 Å². The number of anilines is 1. The van der Waals surface area contributed by atoms with Crippen molar-refractivity contribution < 1.29 is 13.7 Å². The standard InChI is InChI=1S/C18H21N5O3/c1-10(12-5-8-25-22-12)21-16(24)13-11(2)26-17-14(13)15(19-9-20-17)23(4)18(3)6-7-18/h5,8-10H,6-7H2,1-4H3,(H,21,24). The minimum atomic E-state index is -0.294. The average Bonchev–Trinajstić information content (AvgIpc) is 3.02. The zero-order valence-corrected chi connectivity index (χ0v) is 15.2. The Morgan fingerprint density at radius 1 is 1.38 bits per heavy atom. The van der Waals surface area contributed by atoms with Crippen LogP contribution in [0, 0.1) is 6.92 Å². The van der Waals surface area contributed by atoms with Crippen LogP contribution in [0.15, 0.2) is 27.6 Å². The number of carbonyl (C=O) groups excluding carboxylic acids is 1. The molecule has 0 bridgehead atoms. The number of hydrogen-bond donors (Lipinski definition) is 1. The summed E-state index contributed by atoms with van der Waals surface area (Å²) in [4.78, 5) is 23.8. The number of aryl methyl sites for hydroxylation is 1. The second-order valence-corrected chi connectivity index (χ2v) is 7.09. The van der Waals surface area contributed by atoms with Crippen molar-refractivity contribution in [3.63, 3.8) is 0 Å². The third kappa shape index (κ3) is 2.61. The molecule has 3 heterocycles. The number of nitrogens with zero attached hydrogens (tertiary/aromatic N) is 4. The summed E-state index contributed by atoms with van der Waals surface area (Å²) in [5.41, 5.74) is 1.60. The van der Waals surface area contributed by atoms with Crippen LogP contribution in [0.3, 0.4) is 0 Å². The highest BCUT2D eigenvalue weighted by Gasteiger charge is 2.43. The van der Waals surface area contributed by atoms with Gasteiger partial charge in [-0.25, -0.2) is 9.97 Å². The summed E-state index contributed by atoms with van der Waals surface area (Å²) in [6.45, 7) is 5.79. The minimum absolute atomic E-state index is 0.0637.